The van der Waals surface area contributed by atoms with Gasteiger partial charge in [0.05, 0.1) is 11.0 Å². The number of rotatable bonds is 4. The van der Waals surface area contributed by atoms with Gasteiger partial charge in [-0.3, -0.25) is 9.69 Å². The second-order valence-corrected chi connectivity index (χ2v) is 7.78. The smallest absolute Gasteiger partial charge is 0.334 e. The fraction of sp³-hybridized carbons (Fsp3) is 0.364. The minimum Gasteiger partial charge on any atom is -0.334 e. The zero-order valence-electron chi connectivity index (χ0n) is 16.6. The first-order valence-corrected chi connectivity index (χ1v) is 10.0. The lowest BCUT2D eigenvalue weighted by Gasteiger charge is -2.33. The summed E-state index contributed by atoms with van der Waals surface area (Å²) < 4.78 is 38.5. The second kappa shape index (κ2) is 8.10. The number of alkyl halides is 3. The molecule has 1 atom stereocenters. The topological polar surface area (TPSA) is 61.0 Å². The monoisotopic (exact) mass is 416 g/mol. The fourth-order valence-corrected chi connectivity index (χ4v) is 3.86. The molecule has 0 aliphatic carbocycles. The van der Waals surface area contributed by atoms with E-state index in [0.29, 0.717) is 11.7 Å². The van der Waals surface area contributed by atoms with E-state index in [-0.39, 0.29) is 22.5 Å². The summed E-state index contributed by atoms with van der Waals surface area (Å²) in [6.07, 6.45) is -0.901. The summed E-state index contributed by atoms with van der Waals surface area (Å²) in [5.74, 6) is -1.46. The van der Waals surface area contributed by atoms with Gasteiger partial charge in [0.15, 0.2) is 0 Å². The number of H-pyrrole nitrogens is 1. The lowest BCUT2D eigenvalue weighted by Crippen LogP contribution is -2.36. The Hall–Kier alpha value is -2.87. The molecule has 4 rings (SSSR count). The van der Waals surface area contributed by atoms with Crippen LogP contribution in [-0.4, -0.2) is 33.4 Å². The Kier molecular flexibility index (Phi) is 5.51. The number of aromatic amines is 1. The first-order valence-electron chi connectivity index (χ1n) is 10.0. The third-order valence-electron chi connectivity index (χ3n) is 5.52. The fourth-order valence-electron chi connectivity index (χ4n) is 3.86. The second-order valence-electron chi connectivity index (χ2n) is 7.78. The van der Waals surface area contributed by atoms with Crippen LogP contribution < -0.4 is 5.32 Å². The third-order valence-corrected chi connectivity index (χ3v) is 5.52. The van der Waals surface area contributed by atoms with Crippen molar-refractivity contribution in [3.05, 3.63) is 59.4 Å². The van der Waals surface area contributed by atoms with Crippen molar-refractivity contribution in [1.82, 2.24) is 14.9 Å². The van der Waals surface area contributed by atoms with Gasteiger partial charge < -0.3 is 10.3 Å². The summed E-state index contributed by atoms with van der Waals surface area (Å²) in [6, 6.07) is 12.5. The maximum absolute atomic E-state index is 12.8. The number of nitrogens with one attached hydrogen (secondary N) is 2. The van der Waals surface area contributed by atoms with E-state index in [9.17, 15) is 18.0 Å². The van der Waals surface area contributed by atoms with Gasteiger partial charge in [0, 0.05) is 23.8 Å². The van der Waals surface area contributed by atoms with E-state index in [2.05, 4.69) is 27.1 Å². The first-order chi connectivity index (χ1) is 14.3. The van der Waals surface area contributed by atoms with Crippen LogP contribution in [0, 0.1) is 0 Å². The molecule has 2 aromatic carbocycles. The van der Waals surface area contributed by atoms with E-state index < -0.39 is 12.0 Å². The van der Waals surface area contributed by atoms with Crippen LogP contribution in [0.1, 0.15) is 47.9 Å². The van der Waals surface area contributed by atoms with Gasteiger partial charge in [0.1, 0.15) is 0 Å². The summed E-state index contributed by atoms with van der Waals surface area (Å²) in [7, 11) is 0. The van der Waals surface area contributed by atoms with E-state index in [4.69, 9.17) is 0 Å². The molecule has 1 saturated heterocycles. The molecule has 0 bridgehead atoms. The molecule has 1 aromatic heterocycles. The minimum absolute atomic E-state index is 0.163. The number of aromatic nitrogens is 2. The molecular formula is C22H23F3N4O. The molecule has 30 heavy (non-hydrogen) atoms. The molecule has 8 heteroatoms. The summed E-state index contributed by atoms with van der Waals surface area (Å²) in [5.41, 5.74) is 2.36. The molecule has 0 radical (unpaired) electrons. The van der Waals surface area contributed by atoms with Crippen molar-refractivity contribution >= 4 is 22.6 Å². The van der Waals surface area contributed by atoms with Crippen molar-refractivity contribution in [3.63, 3.8) is 0 Å². The number of carbonyl (C=O) groups excluding carboxylic acids is 1. The number of anilines is 1. The van der Waals surface area contributed by atoms with Crippen molar-refractivity contribution in [2.45, 2.75) is 44.9 Å². The molecule has 1 aliphatic rings. The van der Waals surface area contributed by atoms with Crippen LogP contribution in [0.5, 0.6) is 0 Å². The standard InChI is InChI=1S/C22H23F3N4O/c1-14-5-2-3-10-29(14)13-15-6-4-7-17(11-15)26-20(30)16-8-9-18-19(12-16)28-21(27-18)22(23,24)25/h4,6-9,11-12,14H,2-3,5,10,13H2,1H3,(H,26,30)(H,27,28)/t14-/m0/s1. The van der Waals surface area contributed by atoms with Crippen molar-refractivity contribution in [2.24, 2.45) is 0 Å². The highest BCUT2D eigenvalue weighted by Gasteiger charge is 2.34. The zero-order valence-corrected chi connectivity index (χ0v) is 16.6. The quantitative estimate of drug-likeness (QED) is 0.614. The van der Waals surface area contributed by atoms with E-state index in [1.165, 1.54) is 37.5 Å². The minimum atomic E-state index is -4.56. The Labute approximate surface area is 172 Å². The van der Waals surface area contributed by atoms with Gasteiger partial charge >= 0.3 is 6.18 Å². The van der Waals surface area contributed by atoms with Crippen LogP contribution in [0.4, 0.5) is 18.9 Å². The normalized spacial score (nSPS) is 17.9. The predicted octanol–water partition coefficient (Wildman–Crippen LogP) is 5.21. The van der Waals surface area contributed by atoms with Gasteiger partial charge in [-0.15, -0.1) is 0 Å². The average Bonchev–Trinajstić information content (AvgIpc) is 3.14. The van der Waals surface area contributed by atoms with E-state index in [0.717, 1.165) is 18.7 Å². The molecular weight excluding hydrogens is 393 g/mol. The lowest BCUT2D eigenvalue weighted by atomic mass is 10.0. The number of hydrogen-bond acceptors (Lipinski definition) is 3. The highest BCUT2D eigenvalue weighted by atomic mass is 19.4. The molecule has 0 spiro atoms. The number of nitrogens with zero attached hydrogens (tertiary/aromatic N) is 2. The maximum Gasteiger partial charge on any atom is 0.449 e. The third kappa shape index (κ3) is 4.48. The summed E-state index contributed by atoms with van der Waals surface area (Å²) in [5, 5.41) is 2.83. The van der Waals surface area contributed by atoms with Crippen LogP contribution in [0.3, 0.4) is 0 Å². The van der Waals surface area contributed by atoms with Gasteiger partial charge in [-0.1, -0.05) is 18.6 Å². The number of likely N-dealkylation sites (tertiary alicyclic amines) is 1. The van der Waals surface area contributed by atoms with Crippen molar-refractivity contribution in [3.8, 4) is 0 Å². The predicted molar refractivity (Wildman–Crippen MR) is 109 cm³/mol. The van der Waals surface area contributed by atoms with Crippen LogP contribution in [0.2, 0.25) is 0 Å². The molecule has 5 nitrogen and oxygen atoms in total. The molecule has 2 heterocycles. The number of benzene rings is 2. The Bertz CT molecular complexity index is 1060. The summed E-state index contributed by atoms with van der Waals surface area (Å²) >= 11 is 0. The highest BCUT2D eigenvalue weighted by Crippen LogP contribution is 2.29. The van der Waals surface area contributed by atoms with Gasteiger partial charge in [0.2, 0.25) is 5.82 Å². The first kappa shape index (κ1) is 20.4. The van der Waals surface area contributed by atoms with E-state index in [1.807, 2.05) is 18.2 Å². The Morgan fingerprint density at radius 2 is 2.07 bits per heavy atom. The van der Waals surface area contributed by atoms with Crippen molar-refractivity contribution in [2.75, 3.05) is 11.9 Å². The molecule has 2 N–H and O–H groups in total. The van der Waals surface area contributed by atoms with Gasteiger partial charge in [-0.2, -0.15) is 13.2 Å². The van der Waals surface area contributed by atoms with Crippen molar-refractivity contribution < 1.29 is 18.0 Å². The molecule has 0 saturated carbocycles. The summed E-state index contributed by atoms with van der Waals surface area (Å²) in [4.78, 5) is 20.8. The van der Waals surface area contributed by atoms with Crippen LogP contribution in [0.15, 0.2) is 42.5 Å². The number of imidazole rings is 1. The lowest BCUT2D eigenvalue weighted by molar-refractivity contribution is -0.144. The Morgan fingerprint density at radius 3 is 2.83 bits per heavy atom. The summed E-state index contributed by atoms with van der Waals surface area (Å²) in [6.45, 7) is 4.13. The largest absolute Gasteiger partial charge is 0.449 e. The molecule has 158 valence electrons. The van der Waals surface area contributed by atoms with E-state index in [1.54, 1.807) is 6.07 Å². The van der Waals surface area contributed by atoms with Gasteiger partial charge in [0.25, 0.3) is 5.91 Å². The van der Waals surface area contributed by atoms with Crippen molar-refractivity contribution in [1.29, 1.82) is 0 Å². The van der Waals surface area contributed by atoms with Gasteiger partial charge in [-0.25, -0.2) is 4.98 Å². The average molecular weight is 416 g/mol. The molecule has 1 aliphatic heterocycles. The van der Waals surface area contributed by atoms with Crippen LogP contribution in [-0.2, 0) is 12.7 Å². The van der Waals surface area contributed by atoms with Crippen LogP contribution in [0.25, 0.3) is 11.0 Å². The van der Waals surface area contributed by atoms with Gasteiger partial charge in [-0.05, 0) is 62.2 Å². The molecule has 1 fully saturated rings. The number of hydrogen-bond donors (Lipinski definition) is 2. The van der Waals surface area contributed by atoms with Crippen LogP contribution >= 0.6 is 0 Å². The zero-order chi connectivity index (χ0) is 21.3. The number of fused-ring (bicyclic) bond motifs is 1. The number of halogens is 3. The Morgan fingerprint density at radius 1 is 1.23 bits per heavy atom. The molecule has 3 aromatic rings. The highest BCUT2D eigenvalue weighted by molar-refractivity contribution is 6.05. The number of carbonyl (C=O) groups is 1. The number of amides is 1. The Balaban J connectivity index is 1.48. The van der Waals surface area contributed by atoms with E-state index >= 15 is 0 Å². The molecule has 0 unspecified atom stereocenters. The molecule has 1 amide bonds. The maximum atomic E-state index is 12.8. The number of piperidine rings is 1. The SMILES string of the molecule is C[C@H]1CCCCN1Cc1cccc(NC(=O)c2ccc3nc(C(F)(F)F)[nH]c3c2)c1.